The Balaban J connectivity index is 1.84. The average Bonchev–Trinajstić information content (AvgIpc) is 2.54. The Kier molecular flexibility index (Phi) is 1.98. The minimum absolute atomic E-state index is 0.882. The van der Waals surface area contributed by atoms with Crippen molar-refractivity contribution in [1.82, 2.24) is 0 Å². The first kappa shape index (κ1) is 9.24. The largest absolute Gasteiger partial charge is 0.0625 e. The van der Waals surface area contributed by atoms with Crippen LogP contribution in [0.2, 0.25) is 0 Å². The fourth-order valence-electron chi connectivity index (χ4n) is 5.13. The highest BCUT2D eigenvalue weighted by Gasteiger charge is 2.58. The van der Waals surface area contributed by atoms with Crippen LogP contribution in [0.15, 0.2) is 0 Å². The summed E-state index contributed by atoms with van der Waals surface area (Å²) < 4.78 is 0. The van der Waals surface area contributed by atoms with Gasteiger partial charge in [-0.05, 0) is 67.6 Å². The first-order chi connectivity index (χ1) is 6.74. The molecule has 0 nitrogen and oxygen atoms in total. The molecule has 4 atom stereocenters. The molecule has 0 aromatic heterocycles. The lowest BCUT2D eigenvalue weighted by Gasteiger charge is -2.59. The molecular formula is C14H24. The maximum absolute atomic E-state index is 2.45. The van der Waals surface area contributed by atoms with Gasteiger partial charge in [-0.1, -0.05) is 20.3 Å². The van der Waals surface area contributed by atoms with E-state index in [0.29, 0.717) is 0 Å². The van der Waals surface area contributed by atoms with E-state index in [1.807, 2.05) is 0 Å². The highest BCUT2D eigenvalue weighted by molar-refractivity contribution is 5.08. The van der Waals surface area contributed by atoms with Gasteiger partial charge < -0.3 is 0 Å². The molecule has 0 heteroatoms. The maximum Gasteiger partial charge on any atom is -0.0238 e. The van der Waals surface area contributed by atoms with E-state index in [0.717, 1.165) is 29.1 Å². The lowest BCUT2D eigenvalue weighted by molar-refractivity contribution is -0.0976. The molecule has 3 fully saturated rings. The Morgan fingerprint density at radius 1 is 1.00 bits per heavy atom. The summed E-state index contributed by atoms with van der Waals surface area (Å²) in [6, 6.07) is 0. The SMILES string of the molecule is CC(C)C1CCC2CCCC23CCC13. The lowest BCUT2D eigenvalue weighted by atomic mass is 9.46. The van der Waals surface area contributed by atoms with Gasteiger partial charge >= 0.3 is 0 Å². The smallest absolute Gasteiger partial charge is 0.0238 e. The number of hydrogen-bond acceptors (Lipinski definition) is 0. The van der Waals surface area contributed by atoms with Crippen molar-refractivity contribution in [3.8, 4) is 0 Å². The fourth-order valence-corrected chi connectivity index (χ4v) is 5.13. The molecule has 4 unspecified atom stereocenters. The molecule has 3 aliphatic rings. The molecule has 14 heavy (non-hydrogen) atoms. The van der Waals surface area contributed by atoms with Crippen LogP contribution < -0.4 is 0 Å². The van der Waals surface area contributed by atoms with Gasteiger partial charge in [0, 0.05) is 0 Å². The second-order valence-electron chi connectivity index (χ2n) is 6.45. The van der Waals surface area contributed by atoms with Crippen molar-refractivity contribution < 1.29 is 0 Å². The first-order valence-corrected chi connectivity index (χ1v) is 6.74. The van der Waals surface area contributed by atoms with Gasteiger partial charge in [-0.25, -0.2) is 0 Å². The van der Waals surface area contributed by atoms with E-state index in [9.17, 15) is 0 Å². The molecule has 0 bridgehead atoms. The first-order valence-electron chi connectivity index (χ1n) is 6.74. The summed E-state index contributed by atoms with van der Waals surface area (Å²) >= 11 is 0. The quantitative estimate of drug-likeness (QED) is 0.582. The molecule has 0 amide bonds. The minimum Gasteiger partial charge on any atom is -0.0625 e. The fraction of sp³-hybridized carbons (Fsp3) is 1.00. The van der Waals surface area contributed by atoms with Crippen molar-refractivity contribution >= 4 is 0 Å². The van der Waals surface area contributed by atoms with Crippen LogP contribution in [0.1, 0.15) is 58.8 Å². The third-order valence-corrected chi connectivity index (χ3v) is 5.89. The monoisotopic (exact) mass is 192 g/mol. The van der Waals surface area contributed by atoms with Crippen LogP contribution in [0, 0.1) is 29.1 Å². The standard InChI is InChI=1S/C14H24/c1-10(2)12-6-5-11-4-3-8-14(11)9-7-13(12)14/h10-13H,3-9H2,1-2H3. The van der Waals surface area contributed by atoms with E-state index in [1.165, 1.54) is 0 Å². The zero-order chi connectivity index (χ0) is 9.76. The second kappa shape index (κ2) is 3.00. The summed E-state index contributed by atoms with van der Waals surface area (Å²) in [6.45, 7) is 4.90. The molecule has 0 saturated heterocycles. The van der Waals surface area contributed by atoms with Gasteiger partial charge in [-0.15, -0.1) is 0 Å². The van der Waals surface area contributed by atoms with Gasteiger partial charge in [0.05, 0.1) is 0 Å². The minimum atomic E-state index is 0.882. The van der Waals surface area contributed by atoms with Crippen molar-refractivity contribution in [3.05, 3.63) is 0 Å². The summed E-state index contributed by atoms with van der Waals surface area (Å²) in [5.41, 5.74) is 0.882. The molecule has 3 saturated carbocycles. The van der Waals surface area contributed by atoms with Crippen LogP contribution >= 0.6 is 0 Å². The molecule has 3 aliphatic carbocycles. The Labute approximate surface area is 88.5 Å². The summed E-state index contributed by atoms with van der Waals surface area (Å²) in [5, 5.41) is 0. The van der Waals surface area contributed by atoms with E-state index < -0.39 is 0 Å². The van der Waals surface area contributed by atoms with Crippen molar-refractivity contribution in [2.45, 2.75) is 58.8 Å². The van der Waals surface area contributed by atoms with Gasteiger partial charge in [-0.3, -0.25) is 0 Å². The molecular weight excluding hydrogens is 168 g/mol. The summed E-state index contributed by atoms with van der Waals surface area (Å²) in [6.07, 6.45) is 11.0. The highest BCUT2D eigenvalue weighted by Crippen LogP contribution is 2.67. The van der Waals surface area contributed by atoms with Crippen molar-refractivity contribution in [1.29, 1.82) is 0 Å². The predicted molar refractivity (Wildman–Crippen MR) is 60.1 cm³/mol. The van der Waals surface area contributed by atoms with Gasteiger partial charge in [0.25, 0.3) is 0 Å². The Morgan fingerprint density at radius 2 is 1.86 bits per heavy atom. The van der Waals surface area contributed by atoms with Crippen molar-refractivity contribution in [3.63, 3.8) is 0 Å². The summed E-state index contributed by atoms with van der Waals surface area (Å²) in [4.78, 5) is 0. The Morgan fingerprint density at radius 3 is 2.50 bits per heavy atom. The Bertz CT molecular complexity index is 230. The topological polar surface area (TPSA) is 0 Å². The van der Waals surface area contributed by atoms with Crippen molar-refractivity contribution in [2.24, 2.45) is 29.1 Å². The molecule has 0 aromatic carbocycles. The third-order valence-electron chi connectivity index (χ3n) is 5.89. The maximum atomic E-state index is 2.45. The third kappa shape index (κ3) is 1.01. The van der Waals surface area contributed by atoms with E-state index in [4.69, 9.17) is 0 Å². The molecule has 3 rings (SSSR count). The number of hydrogen-bond donors (Lipinski definition) is 0. The molecule has 0 aliphatic heterocycles. The van der Waals surface area contributed by atoms with Gasteiger partial charge in [0.2, 0.25) is 0 Å². The summed E-state index contributed by atoms with van der Waals surface area (Å²) in [5.74, 6) is 4.32. The lowest BCUT2D eigenvalue weighted by Crippen LogP contribution is -2.51. The zero-order valence-corrected chi connectivity index (χ0v) is 9.76. The van der Waals surface area contributed by atoms with Gasteiger partial charge in [0.15, 0.2) is 0 Å². The molecule has 0 radical (unpaired) electrons. The predicted octanol–water partition coefficient (Wildman–Crippen LogP) is 4.25. The van der Waals surface area contributed by atoms with Gasteiger partial charge in [-0.2, -0.15) is 0 Å². The second-order valence-corrected chi connectivity index (χ2v) is 6.45. The molecule has 0 N–H and O–H groups in total. The molecule has 0 aromatic rings. The van der Waals surface area contributed by atoms with Crippen LogP contribution in [0.3, 0.4) is 0 Å². The summed E-state index contributed by atoms with van der Waals surface area (Å²) in [7, 11) is 0. The van der Waals surface area contributed by atoms with E-state index in [1.54, 1.807) is 44.9 Å². The van der Waals surface area contributed by atoms with E-state index in [2.05, 4.69) is 13.8 Å². The highest BCUT2D eigenvalue weighted by atomic mass is 14.6. The zero-order valence-electron chi connectivity index (χ0n) is 9.76. The van der Waals surface area contributed by atoms with Crippen LogP contribution in [0.5, 0.6) is 0 Å². The molecule has 1 spiro atoms. The Hall–Kier alpha value is 0. The molecule has 80 valence electrons. The van der Waals surface area contributed by atoms with Crippen LogP contribution in [0.25, 0.3) is 0 Å². The number of rotatable bonds is 1. The van der Waals surface area contributed by atoms with Crippen molar-refractivity contribution in [2.75, 3.05) is 0 Å². The molecule has 0 heterocycles. The van der Waals surface area contributed by atoms with Crippen LogP contribution in [-0.4, -0.2) is 0 Å². The van der Waals surface area contributed by atoms with Crippen LogP contribution in [-0.2, 0) is 0 Å². The van der Waals surface area contributed by atoms with Gasteiger partial charge in [0.1, 0.15) is 0 Å². The van der Waals surface area contributed by atoms with Crippen LogP contribution in [0.4, 0.5) is 0 Å². The van der Waals surface area contributed by atoms with E-state index >= 15 is 0 Å². The normalized spacial score (nSPS) is 51.2. The average molecular weight is 192 g/mol. The van der Waals surface area contributed by atoms with E-state index in [-0.39, 0.29) is 0 Å².